The lowest BCUT2D eigenvalue weighted by Gasteiger charge is -2.27. The summed E-state index contributed by atoms with van der Waals surface area (Å²) in [5.41, 5.74) is 2.68. The van der Waals surface area contributed by atoms with E-state index in [0.717, 1.165) is 35.3 Å². The molecule has 4 aromatic rings. The average molecular weight is 425 g/mol. The van der Waals surface area contributed by atoms with Gasteiger partial charge in [0, 0.05) is 49.4 Å². The molecule has 0 bridgehead atoms. The van der Waals surface area contributed by atoms with Crippen molar-refractivity contribution in [2.24, 2.45) is 0 Å². The highest BCUT2D eigenvalue weighted by atomic mass is 19.4. The van der Waals surface area contributed by atoms with Crippen LogP contribution in [0.5, 0.6) is 0 Å². The van der Waals surface area contributed by atoms with E-state index in [4.69, 9.17) is 0 Å². The van der Waals surface area contributed by atoms with Crippen molar-refractivity contribution in [2.75, 3.05) is 6.54 Å². The third-order valence-electron chi connectivity index (χ3n) is 5.56. The first-order valence-electron chi connectivity index (χ1n) is 9.81. The maximum absolute atomic E-state index is 12.8. The normalized spacial score (nSPS) is 14.7. The third kappa shape index (κ3) is 3.72. The van der Waals surface area contributed by atoms with Crippen molar-refractivity contribution in [3.05, 3.63) is 81.5 Å². The maximum Gasteiger partial charge on any atom is 0.416 e. The number of nitrogens with zero attached hydrogens (tertiary/aromatic N) is 3. The Morgan fingerprint density at radius 3 is 2.71 bits per heavy atom. The molecule has 9 heteroatoms. The van der Waals surface area contributed by atoms with Crippen molar-refractivity contribution >= 4 is 11.0 Å². The van der Waals surface area contributed by atoms with Gasteiger partial charge in [0.05, 0.1) is 16.8 Å². The summed E-state index contributed by atoms with van der Waals surface area (Å²) in [6.45, 7) is 1.85. The molecule has 0 saturated carbocycles. The number of halogens is 3. The number of alkyl halides is 3. The summed E-state index contributed by atoms with van der Waals surface area (Å²) in [7, 11) is 0. The molecular formula is C22H18F3N5O. The van der Waals surface area contributed by atoms with E-state index in [9.17, 15) is 18.0 Å². The first kappa shape index (κ1) is 19.5. The molecule has 2 N–H and O–H groups in total. The van der Waals surface area contributed by atoms with Crippen LogP contribution >= 0.6 is 0 Å². The largest absolute Gasteiger partial charge is 0.416 e. The number of rotatable bonds is 3. The smallest absolute Gasteiger partial charge is 0.346 e. The van der Waals surface area contributed by atoms with Crippen LogP contribution < -0.4 is 5.56 Å². The Bertz CT molecular complexity index is 1310. The van der Waals surface area contributed by atoms with Gasteiger partial charge in [-0.25, -0.2) is 9.97 Å². The van der Waals surface area contributed by atoms with Gasteiger partial charge in [-0.1, -0.05) is 12.1 Å². The van der Waals surface area contributed by atoms with Crippen LogP contribution in [-0.4, -0.2) is 31.4 Å². The highest BCUT2D eigenvalue weighted by molar-refractivity contribution is 5.79. The molecule has 31 heavy (non-hydrogen) atoms. The minimum atomic E-state index is -4.40. The molecule has 158 valence electrons. The molecule has 1 aliphatic rings. The molecule has 0 atom stereocenters. The molecule has 0 radical (unpaired) electrons. The van der Waals surface area contributed by atoms with Crippen LogP contribution in [0.4, 0.5) is 13.2 Å². The van der Waals surface area contributed by atoms with Crippen LogP contribution in [0.15, 0.2) is 53.6 Å². The van der Waals surface area contributed by atoms with Crippen LogP contribution in [0.1, 0.15) is 22.4 Å². The van der Waals surface area contributed by atoms with Gasteiger partial charge in [0.1, 0.15) is 11.5 Å². The first-order valence-corrected chi connectivity index (χ1v) is 9.81. The molecule has 6 nitrogen and oxygen atoms in total. The highest BCUT2D eigenvalue weighted by Gasteiger charge is 2.30. The molecule has 3 aromatic heterocycles. The van der Waals surface area contributed by atoms with Crippen molar-refractivity contribution in [2.45, 2.75) is 25.7 Å². The highest BCUT2D eigenvalue weighted by Crippen LogP contribution is 2.30. The number of aromatic amines is 2. The van der Waals surface area contributed by atoms with E-state index in [2.05, 4.69) is 24.8 Å². The number of hydrogen-bond acceptors (Lipinski definition) is 4. The van der Waals surface area contributed by atoms with Crippen LogP contribution in [0.3, 0.4) is 0 Å². The van der Waals surface area contributed by atoms with Gasteiger partial charge >= 0.3 is 6.18 Å². The topological polar surface area (TPSA) is 77.7 Å². The van der Waals surface area contributed by atoms with Gasteiger partial charge < -0.3 is 9.97 Å². The van der Waals surface area contributed by atoms with Crippen molar-refractivity contribution in [3.8, 4) is 11.4 Å². The van der Waals surface area contributed by atoms with Gasteiger partial charge in [-0.05, 0) is 29.8 Å². The number of nitrogens with one attached hydrogen (secondary N) is 2. The Hall–Kier alpha value is -3.46. The fourth-order valence-electron chi connectivity index (χ4n) is 3.95. The molecule has 0 saturated heterocycles. The molecule has 1 aromatic carbocycles. The Labute approximate surface area is 174 Å². The molecule has 0 unspecified atom stereocenters. The van der Waals surface area contributed by atoms with Gasteiger partial charge in [-0.15, -0.1) is 0 Å². The molecule has 1 aliphatic heterocycles. The van der Waals surface area contributed by atoms with E-state index in [-0.39, 0.29) is 11.4 Å². The van der Waals surface area contributed by atoms with Crippen LogP contribution in [-0.2, 0) is 25.7 Å². The zero-order valence-electron chi connectivity index (χ0n) is 16.3. The van der Waals surface area contributed by atoms with Crippen molar-refractivity contribution in [1.82, 2.24) is 24.8 Å². The van der Waals surface area contributed by atoms with Gasteiger partial charge in [-0.3, -0.25) is 9.69 Å². The quantitative estimate of drug-likeness (QED) is 0.522. The summed E-state index contributed by atoms with van der Waals surface area (Å²) >= 11 is 0. The van der Waals surface area contributed by atoms with Crippen LogP contribution in [0.25, 0.3) is 22.4 Å². The zero-order chi connectivity index (χ0) is 21.6. The molecule has 5 rings (SSSR count). The second-order valence-corrected chi connectivity index (χ2v) is 7.59. The van der Waals surface area contributed by atoms with Crippen molar-refractivity contribution < 1.29 is 13.2 Å². The fraction of sp³-hybridized carbons (Fsp3) is 0.227. The average Bonchev–Trinajstić information content (AvgIpc) is 3.16. The SMILES string of the molecule is O=c1[nH]c(-c2ccc(C(F)(F)F)cc2)nc2c1CN(Cc1c[nH]c3ncccc13)CC2. The van der Waals surface area contributed by atoms with Gasteiger partial charge in [0.2, 0.25) is 0 Å². The summed E-state index contributed by atoms with van der Waals surface area (Å²) in [4.78, 5) is 29.6. The Balaban J connectivity index is 1.38. The lowest BCUT2D eigenvalue weighted by molar-refractivity contribution is -0.137. The number of aromatic nitrogens is 4. The fourth-order valence-corrected chi connectivity index (χ4v) is 3.95. The third-order valence-corrected chi connectivity index (χ3v) is 5.56. The van der Waals surface area contributed by atoms with Gasteiger partial charge in [-0.2, -0.15) is 13.2 Å². The van der Waals surface area contributed by atoms with Crippen LogP contribution in [0.2, 0.25) is 0 Å². The standard InChI is InChI=1S/C22H18F3N5O/c23-22(24,25)15-5-3-13(4-6-15)19-28-18-7-9-30(12-17(18)21(31)29-19)11-14-10-27-20-16(14)2-1-8-26-20/h1-6,8,10H,7,9,11-12H2,(H,26,27)(H,28,29,31). The Kier molecular flexibility index (Phi) is 4.62. The Morgan fingerprint density at radius 1 is 1.13 bits per heavy atom. The van der Waals surface area contributed by atoms with Crippen LogP contribution in [0, 0.1) is 0 Å². The molecule has 4 heterocycles. The predicted octanol–water partition coefficient (Wildman–Crippen LogP) is 3.89. The molecule has 0 fully saturated rings. The second-order valence-electron chi connectivity index (χ2n) is 7.59. The minimum Gasteiger partial charge on any atom is -0.346 e. The first-order chi connectivity index (χ1) is 14.9. The van der Waals surface area contributed by atoms with E-state index >= 15 is 0 Å². The van der Waals surface area contributed by atoms with Gasteiger partial charge in [0.15, 0.2) is 0 Å². The van der Waals surface area contributed by atoms with E-state index in [1.165, 1.54) is 12.1 Å². The number of H-pyrrole nitrogens is 2. The summed E-state index contributed by atoms with van der Waals surface area (Å²) in [5, 5.41) is 1.05. The predicted molar refractivity (Wildman–Crippen MR) is 109 cm³/mol. The lowest BCUT2D eigenvalue weighted by atomic mass is 10.0. The molecule has 0 spiro atoms. The lowest BCUT2D eigenvalue weighted by Crippen LogP contribution is -2.35. The van der Waals surface area contributed by atoms with Gasteiger partial charge in [0.25, 0.3) is 5.56 Å². The van der Waals surface area contributed by atoms with E-state index < -0.39 is 11.7 Å². The number of hydrogen-bond donors (Lipinski definition) is 2. The van der Waals surface area contributed by atoms with E-state index in [0.29, 0.717) is 36.3 Å². The summed E-state index contributed by atoms with van der Waals surface area (Å²) < 4.78 is 38.4. The minimum absolute atomic E-state index is 0.259. The molecule has 0 aliphatic carbocycles. The maximum atomic E-state index is 12.8. The summed E-state index contributed by atoms with van der Waals surface area (Å²) in [6.07, 6.45) is -0.143. The second kappa shape index (κ2) is 7.35. The summed E-state index contributed by atoms with van der Waals surface area (Å²) in [6, 6.07) is 8.54. The van der Waals surface area contributed by atoms with Crippen molar-refractivity contribution in [1.29, 1.82) is 0 Å². The van der Waals surface area contributed by atoms with E-state index in [1.807, 2.05) is 18.3 Å². The Morgan fingerprint density at radius 2 is 1.94 bits per heavy atom. The zero-order valence-corrected chi connectivity index (χ0v) is 16.3. The molecular weight excluding hydrogens is 407 g/mol. The molecule has 0 amide bonds. The number of benzene rings is 1. The summed E-state index contributed by atoms with van der Waals surface area (Å²) in [5.74, 6) is 0.286. The monoisotopic (exact) mass is 425 g/mol. The van der Waals surface area contributed by atoms with Crippen molar-refractivity contribution in [3.63, 3.8) is 0 Å². The van der Waals surface area contributed by atoms with E-state index in [1.54, 1.807) is 6.20 Å². The number of pyridine rings is 1. The number of fused-ring (bicyclic) bond motifs is 2.